The summed E-state index contributed by atoms with van der Waals surface area (Å²) < 4.78 is 10.4. The van der Waals surface area contributed by atoms with Crippen molar-refractivity contribution in [1.82, 2.24) is 0 Å². The van der Waals surface area contributed by atoms with Crippen LogP contribution in [-0.2, 0) is 11.3 Å². The molecule has 1 aliphatic rings. The Bertz CT molecular complexity index is 305. The predicted molar refractivity (Wildman–Crippen MR) is 47.6 cm³/mol. The molecule has 1 N–H and O–H groups in total. The zero-order valence-corrected chi connectivity index (χ0v) is 7.49. The first-order valence-corrected chi connectivity index (χ1v) is 4.25. The Morgan fingerprint density at radius 3 is 2.92 bits per heavy atom. The van der Waals surface area contributed by atoms with Gasteiger partial charge < -0.3 is 14.6 Å². The van der Waals surface area contributed by atoms with Crippen LogP contribution in [0.1, 0.15) is 17.2 Å². The van der Waals surface area contributed by atoms with Gasteiger partial charge in [-0.05, 0) is 0 Å². The Hall–Kier alpha value is -1.06. The van der Waals surface area contributed by atoms with Gasteiger partial charge in [0.2, 0.25) is 0 Å². The molecule has 70 valence electrons. The van der Waals surface area contributed by atoms with E-state index >= 15 is 0 Å². The molecule has 3 nitrogen and oxygen atoms in total. The van der Waals surface area contributed by atoms with Gasteiger partial charge in [-0.2, -0.15) is 0 Å². The Morgan fingerprint density at radius 2 is 2.38 bits per heavy atom. The number of benzene rings is 1. The summed E-state index contributed by atoms with van der Waals surface area (Å²) in [6, 6.07) is 5.73. The van der Waals surface area contributed by atoms with E-state index in [0.717, 1.165) is 23.5 Å². The maximum absolute atomic E-state index is 9.06. The van der Waals surface area contributed by atoms with Gasteiger partial charge in [0, 0.05) is 11.1 Å². The molecule has 1 heterocycles. The quantitative estimate of drug-likeness (QED) is 0.712. The molecule has 1 fully saturated rings. The first-order chi connectivity index (χ1) is 6.36. The van der Waals surface area contributed by atoms with Crippen LogP contribution >= 0.6 is 0 Å². The number of hydrogen-bond acceptors (Lipinski definition) is 3. The number of ether oxygens (including phenoxy) is 2. The van der Waals surface area contributed by atoms with Gasteiger partial charge in [0.1, 0.15) is 11.9 Å². The van der Waals surface area contributed by atoms with Crippen molar-refractivity contribution in [3.8, 4) is 5.75 Å². The minimum atomic E-state index is 0.00370. The summed E-state index contributed by atoms with van der Waals surface area (Å²) in [5.74, 6) is 0.757. The number of hydrogen-bond donors (Lipinski definition) is 1. The standard InChI is InChI=1S/C10H12O3/c1-12-10-7(5-11)3-2-4-8(10)9-6-13-9/h2-4,9,11H,5-6H2,1H3. The van der Waals surface area contributed by atoms with Gasteiger partial charge >= 0.3 is 0 Å². The van der Waals surface area contributed by atoms with Crippen molar-refractivity contribution in [2.24, 2.45) is 0 Å². The number of aliphatic hydroxyl groups excluding tert-OH is 1. The molecule has 0 aliphatic carbocycles. The fourth-order valence-corrected chi connectivity index (χ4v) is 1.46. The summed E-state index contributed by atoms with van der Waals surface area (Å²) in [6.45, 7) is 0.759. The Balaban J connectivity index is 2.41. The molecule has 0 radical (unpaired) electrons. The lowest BCUT2D eigenvalue weighted by Gasteiger charge is -2.09. The fourth-order valence-electron chi connectivity index (χ4n) is 1.46. The van der Waals surface area contributed by atoms with Crippen molar-refractivity contribution in [1.29, 1.82) is 0 Å². The van der Waals surface area contributed by atoms with Crippen molar-refractivity contribution in [3.05, 3.63) is 29.3 Å². The molecular formula is C10H12O3. The highest BCUT2D eigenvalue weighted by Gasteiger charge is 2.28. The SMILES string of the molecule is COc1c(CO)cccc1C1CO1. The van der Waals surface area contributed by atoms with Crippen molar-refractivity contribution in [2.45, 2.75) is 12.7 Å². The van der Waals surface area contributed by atoms with Crippen molar-refractivity contribution in [2.75, 3.05) is 13.7 Å². The molecule has 0 amide bonds. The average Bonchev–Trinajstić information content (AvgIpc) is 2.99. The van der Waals surface area contributed by atoms with Gasteiger partial charge in [-0.1, -0.05) is 18.2 Å². The highest BCUT2D eigenvalue weighted by atomic mass is 16.6. The second-order valence-corrected chi connectivity index (χ2v) is 3.02. The van der Waals surface area contributed by atoms with E-state index in [2.05, 4.69) is 0 Å². The van der Waals surface area contributed by atoms with Crippen LogP contribution in [0.15, 0.2) is 18.2 Å². The molecule has 13 heavy (non-hydrogen) atoms. The van der Waals surface area contributed by atoms with Gasteiger partial charge in [-0.25, -0.2) is 0 Å². The van der Waals surface area contributed by atoms with Gasteiger partial charge in [0.05, 0.1) is 20.3 Å². The lowest BCUT2D eigenvalue weighted by Crippen LogP contribution is -1.96. The van der Waals surface area contributed by atoms with Crippen molar-refractivity contribution >= 4 is 0 Å². The topological polar surface area (TPSA) is 42.0 Å². The third-order valence-electron chi connectivity index (χ3n) is 2.18. The Morgan fingerprint density at radius 1 is 1.62 bits per heavy atom. The molecule has 3 heteroatoms. The predicted octanol–water partition coefficient (Wildman–Crippen LogP) is 1.26. The van der Waals surface area contributed by atoms with Crippen molar-refractivity contribution < 1.29 is 14.6 Å². The molecule has 0 saturated carbocycles. The van der Waals surface area contributed by atoms with Crippen LogP contribution in [-0.4, -0.2) is 18.8 Å². The maximum Gasteiger partial charge on any atom is 0.130 e. The van der Waals surface area contributed by atoms with Gasteiger partial charge in [-0.15, -0.1) is 0 Å². The van der Waals surface area contributed by atoms with Crippen LogP contribution in [0, 0.1) is 0 Å². The molecule has 0 bridgehead atoms. The third-order valence-corrected chi connectivity index (χ3v) is 2.18. The number of aliphatic hydroxyl groups is 1. The first-order valence-electron chi connectivity index (χ1n) is 4.25. The normalized spacial score (nSPS) is 20.0. The van der Waals surface area contributed by atoms with E-state index < -0.39 is 0 Å². The largest absolute Gasteiger partial charge is 0.496 e. The number of para-hydroxylation sites is 1. The molecule has 1 atom stereocenters. The minimum Gasteiger partial charge on any atom is -0.496 e. The summed E-state index contributed by atoms with van der Waals surface area (Å²) in [5.41, 5.74) is 1.85. The highest BCUT2D eigenvalue weighted by molar-refractivity contribution is 5.43. The number of rotatable bonds is 3. The highest BCUT2D eigenvalue weighted by Crippen LogP contribution is 2.37. The molecule has 0 aromatic heterocycles. The van der Waals surface area contributed by atoms with Crippen LogP contribution in [0.4, 0.5) is 0 Å². The van der Waals surface area contributed by atoms with E-state index in [9.17, 15) is 0 Å². The molecule has 1 saturated heterocycles. The van der Waals surface area contributed by atoms with Crippen LogP contribution in [0.3, 0.4) is 0 Å². The van der Waals surface area contributed by atoms with Gasteiger partial charge in [0.15, 0.2) is 0 Å². The van der Waals surface area contributed by atoms with Gasteiger partial charge in [0.25, 0.3) is 0 Å². The summed E-state index contributed by atoms with van der Waals surface area (Å²) in [6.07, 6.45) is 0.168. The van der Waals surface area contributed by atoms with E-state index in [-0.39, 0.29) is 12.7 Å². The molecule has 0 spiro atoms. The number of epoxide rings is 1. The number of methoxy groups -OCH3 is 1. The van der Waals surface area contributed by atoms with Crippen LogP contribution in [0.2, 0.25) is 0 Å². The molecule has 2 rings (SSSR count). The second kappa shape index (κ2) is 3.36. The Labute approximate surface area is 76.9 Å². The molecule has 1 aliphatic heterocycles. The lowest BCUT2D eigenvalue weighted by molar-refractivity contribution is 0.272. The molecule has 1 aromatic carbocycles. The monoisotopic (exact) mass is 180 g/mol. The Kier molecular flexibility index (Phi) is 2.20. The van der Waals surface area contributed by atoms with Crippen molar-refractivity contribution in [3.63, 3.8) is 0 Å². The minimum absolute atomic E-state index is 0.00370. The molecule has 1 aromatic rings. The van der Waals surface area contributed by atoms with Crippen LogP contribution < -0.4 is 4.74 Å². The summed E-state index contributed by atoms with van der Waals surface area (Å²) in [7, 11) is 1.61. The molecular weight excluding hydrogens is 168 g/mol. The van der Waals surface area contributed by atoms with Crippen LogP contribution in [0.25, 0.3) is 0 Å². The van der Waals surface area contributed by atoms with Gasteiger partial charge in [-0.3, -0.25) is 0 Å². The summed E-state index contributed by atoms with van der Waals surface area (Å²) in [5, 5.41) is 9.06. The fraction of sp³-hybridized carbons (Fsp3) is 0.400. The smallest absolute Gasteiger partial charge is 0.130 e. The summed E-state index contributed by atoms with van der Waals surface area (Å²) in [4.78, 5) is 0. The first kappa shape index (κ1) is 8.53. The maximum atomic E-state index is 9.06. The zero-order chi connectivity index (χ0) is 9.26. The van der Waals surface area contributed by atoms with E-state index in [1.54, 1.807) is 7.11 Å². The van der Waals surface area contributed by atoms with Crippen LogP contribution in [0.5, 0.6) is 5.75 Å². The van der Waals surface area contributed by atoms with E-state index in [1.807, 2.05) is 18.2 Å². The van der Waals surface area contributed by atoms with E-state index in [4.69, 9.17) is 14.6 Å². The zero-order valence-electron chi connectivity index (χ0n) is 7.49. The third kappa shape index (κ3) is 1.53. The van der Waals surface area contributed by atoms with E-state index in [0.29, 0.717) is 0 Å². The summed E-state index contributed by atoms with van der Waals surface area (Å²) >= 11 is 0. The lowest BCUT2D eigenvalue weighted by atomic mass is 10.1. The second-order valence-electron chi connectivity index (χ2n) is 3.02. The average molecular weight is 180 g/mol. The molecule has 1 unspecified atom stereocenters. The van der Waals surface area contributed by atoms with E-state index in [1.165, 1.54) is 0 Å².